The molecule has 19 heavy (non-hydrogen) atoms. The van der Waals surface area contributed by atoms with E-state index in [1.54, 1.807) is 12.1 Å². The van der Waals surface area contributed by atoms with Gasteiger partial charge in [0.1, 0.15) is 11.6 Å². The minimum atomic E-state index is -0.283. The van der Waals surface area contributed by atoms with Gasteiger partial charge in [-0.3, -0.25) is 9.80 Å². The van der Waals surface area contributed by atoms with Crippen LogP contribution in [-0.2, 0) is 0 Å². The van der Waals surface area contributed by atoms with Crippen LogP contribution in [0.2, 0.25) is 0 Å². The maximum absolute atomic E-state index is 14.1. The van der Waals surface area contributed by atoms with Gasteiger partial charge in [0.05, 0.1) is 7.11 Å². The van der Waals surface area contributed by atoms with Crippen LogP contribution in [0.1, 0.15) is 11.6 Å². The van der Waals surface area contributed by atoms with Gasteiger partial charge in [0.25, 0.3) is 0 Å². The Balaban J connectivity index is 1.81. The lowest BCUT2D eigenvalue weighted by Crippen LogP contribution is -2.63. The van der Waals surface area contributed by atoms with Crippen LogP contribution in [0.5, 0.6) is 5.75 Å². The largest absolute Gasteiger partial charge is 0.497 e. The number of benzene rings is 1. The Bertz CT molecular complexity index is 460. The van der Waals surface area contributed by atoms with Crippen molar-refractivity contribution in [2.45, 2.75) is 12.1 Å². The van der Waals surface area contributed by atoms with Crippen molar-refractivity contribution >= 4 is 0 Å². The van der Waals surface area contributed by atoms with E-state index < -0.39 is 0 Å². The molecule has 0 spiro atoms. The van der Waals surface area contributed by atoms with E-state index in [0.717, 1.165) is 32.7 Å². The molecule has 5 heteroatoms. The van der Waals surface area contributed by atoms with Crippen molar-refractivity contribution in [3.05, 3.63) is 29.6 Å². The first-order valence-corrected chi connectivity index (χ1v) is 6.74. The minimum absolute atomic E-state index is 0.213. The molecule has 0 radical (unpaired) electrons. The molecule has 4 rings (SSSR count). The van der Waals surface area contributed by atoms with E-state index in [9.17, 15) is 4.39 Å². The molecule has 0 aliphatic carbocycles. The van der Waals surface area contributed by atoms with Crippen molar-refractivity contribution in [3.8, 4) is 5.75 Å². The summed E-state index contributed by atoms with van der Waals surface area (Å²) < 4.78 is 19.1. The first-order chi connectivity index (χ1) is 9.19. The van der Waals surface area contributed by atoms with Gasteiger partial charge in [-0.05, 0) is 6.07 Å². The highest BCUT2D eigenvalue weighted by atomic mass is 19.1. The molecular formula is C14H20FN3O. The summed E-state index contributed by atoms with van der Waals surface area (Å²) >= 11 is 0. The summed E-state index contributed by atoms with van der Waals surface area (Å²) in [6.45, 7) is 5.22. The van der Waals surface area contributed by atoms with Gasteiger partial charge < -0.3 is 10.5 Å². The second kappa shape index (κ2) is 5.07. The predicted octanol–water partition coefficient (Wildman–Crippen LogP) is 0.834. The third-order valence-electron chi connectivity index (χ3n) is 4.30. The zero-order valence-electron chi connectivity index (χ0n) is 11.2. The molecule has 2 unspecified atom stereocenters. The molecule has 3 heterocycles. The van der Waals surface area contributed by atoms with Gasteiger partial charge in [-0.15, -0.1) is 0 Å². The van der Waals surface area contributed by atoms with Gasteiger partial charge in [0.2, 0.25) is 0 Å². The number of ether oxygens (including phenoxy) is 1. The molecule has 2 atom stereocenters. The van der Waals surface area contributed by atoms with Crippen molar-refractivity contribution in [1.29, 1.82) is 0 Å². The Hall–Kier alpha value is -1.17. The lowest BCUT2D eigenvalue weighted by molar-refractivity contribution is 0.00170. The first kappa shape index (κ1) is 12.8. The van der Waals surface area contributed by atoms with Crippen molar-refractivity contribution in [2.24, 2.45) is 5.73 Å². The molecule has 3 fully saturated rings. The molecular weight excluding hydrogens is 245 g/mol. The number of nitrogens with zero attached hydrogens (tertiary/aromatic N) is 2. The third kappa shape index (κ3) is 2.33. The molecule has 4 nitrogen and oxygen atoms in total. The summed E-state index contributed by atoms with van der Waals surface area (Å²) in [5, 5.41) is 0. The van der Waals surface area contributed by atoms with E-state index in [4.69, 9.17) is 10.5 Å². The summed E-state index contributed by atoms with van der Waals surface area (Å²) in [5.41, 5.74) is 6.88. The van der Waals surface area contributed by atoms with Crippen LogP contribution in [0.3, 0.4) is 0 Å². The highest BCUT2D eigenvalue weighted by molar-refractivity contribution is 5.31. The minimum Gasteiger partial charge on any atom is -0.497 e. The fourth-order valence-electron chi connectivity index (χ4n) is 3.11. The number of hydrogen-bond donors (Lipinski definition) is 1. The van der Waals surface area contributed by atoms with Crippen LogP contribution in [0.25, 0.3) is 0 Å². The number of halogens is 1. The highest BCUT2D eigenvalue weighted by Gasteiger charge is 2.36. The lowest BCUT2D eigenvalue weighted by atomic mass is 9.94. The molecule has 0 amide bonds. The van der Waals surface area contributed by atoms with E-state index in [-0.39, 0.29) is 17.9 Å². The predicted molar refractivity (Wildman–Crippen MR) is 71.7 cm³/mol. The summed E-state index contributed by atoms with van der Waals surface area (Å²) in [7, 11) is 1.54. The van der Waals surface area contributed by atoms with Crippen LogP contribution in [-0.4, -0.2) is 55.7 Å². The van der Waals surface area contributed by atoms with Crippen LogP contribution in [0.15, 0.2) is 18.2 Å². The molecule has 0 saturated carbocycles. The second-order valence-corrected chi connectivity index (χ2v) is 5.32. The van der Waals surface area contributed by atoms with Gasteiger partial charge in [0.15, 0.2) is 0 Å². The van der Waals surface area contributed by atoms with E-state index in [1.807, 2.05) is 0 Å². The zero-order valence-corrected chi connectivity index (χ0v) is 11.2. The normalized spacial score (nSPS) is 31.2. The van der Waals surface area contributed by atoms with Gasteiger partial charge >= 0.3 is 0 Å². The Morgan fingerprint density at radius 2 is 2.05 bits per heavy atom. The van der Waals surface area contributed by atoms with Crippen molar-refractivity contribution in [1.82, 2.24) is 9.80 Å². The molecule has 2 N–H and O–H groups in total. The topological polar surface area (TPSA) is 41.7 Å². The molecule has 3 aliphatic rings. The molecule has 1 aromatic rings. The Morgan fingerprint density at radius 1 is 1.32 bits per heavy atom. The summed E-state index contributed by atoms with van der Waals surface area (Å²) in [4.78, 5) is 4.79. The first-order valence-electron chi connectivity index (χ1n) is 6.74. The van der Waals surface area contributed by atoms with E-state index in [0.29, 0.717) is 11.3 Å². The number of fused-ring (bicyclic) bond motifs is 3. The summed E-state index contributed by atoms with van der Waals surface area (Å²) in [5.74, 6) is 0.257. The Kier molecular flexibility index (Phi) is 3.43. The van der Waals surface area contributed by atoms with Gasteiger partial charge in [0, 0.05) is 56.4 Å². The fraction of sp³-hybridized carbons (Fsp3) is 0.571. The number of rotatable bonds is 3. The lowest BCUT2D eigenvalue weighted by Gasteiger charge is -2.49. The number of methoxy groups -OCH3 is 1. The van der Waals surface area contributed by atoms with Crippen LogP contribution < -0.4 is 10.5 Å². The fourth-order valence-corrected chi connectivity index (χ4v) is 3.11. The maximum atomic E-state index is 14.1. The smallest absolute Gasteiger partial charge is 0.131 e. The average Bonchev–Trinajstić information content (AvgIpc) is 2.47. The van der Waals surface area contributed by atoms with E-state index in [2.05, 4.69) is 9.80 Å². The van der Waals surface area contributed by atoms with Crippen LogP contribution in [0.4, 0.5) is 4.39 Å². The maximum Gasteiger partial charge on any atom is 0.131 e. The highest BCUT2D eigenvalue weighted by Crippen LogP contribution is 2.28. The van der Waals surface area contributed by atoms with E-state index >= 15 is 0 Å². The summed E-state index contributed by atoms with van der Waals surface area (Å²) in [6, 6.07) is 4.86. The molecule has 1 aromatic carbocycles. The molecule has 104 valence electrons. The average molecular weight is 265 g/mol. The Morgan fingerprint density at radius 3 is 2.58 bits per heavy atom. The summed E-state index contributed by atoms with van der Waals surface area (Å²) in [6.07, 6.45) is 0. The molecule has 0 aromatic heterocycles. The molecule has 3 aliphatic heterocycles. The van der Waals surface area contributed by atoms with Crippen LogP contribution in [0, 0.1) is 5.82 Å². The van der Waals surface area contributed by atoms with Crippen molar-refractivity contribution in [3.63, 3.8) is 0 Å². The second-order valence-electron chi connectivity index (χ2n) is 5.32. The van der Waals surface area contributed by atoms with Gasteiger partial charge in [-0.2, -0.15) is 0 Å². The molecule has 2 bridgehead atoms. The molecule has 3 saturated heterocycles. The van der Waals surface area contributed by atoms with Gasteiger partial charge in [-0.25, -0.2) is 4.39 Å². The van der Waals surface area contributed by atoms with Crippen molar-refractivity contribution < 1.29 is 9.13 Å². The Labute approximate surface area is 112 Å². The van der Waals surface area contributed by atoms with Gasteiger partial charge in [-0.1, -0.05) is 6.07 Å². The van der Waals surface area contributed by atoms with Crippen LogP contribution >= 0.6 is 0 Å². The van der Waals surface area contributed by atoms with E-state index in [1.165, 1.54) is 13.2 Å². The number of piperazine rings is 3. The standard InChI is InChI=1S/C14H20FN3O/c1-19-10-2-3-11(12(15)8-10)14(16)13-9-17-4-6-18(13)7-5-17/h2-3,8,13-14H,4-7,9,16H2,1H3. The monoisotopic (exact) mass is 265 g/mol. The zero-order chi connectivity index (χ0) is 13.4. The third-order valence-corrected chi connectivity index (χ3v) is 4.30. The number of nitrogens with two attached hydrogens (primary N) is 1. The quantitative estimate of drug-likeness (QED) is 0.879. The SMILES string of the molecule is COc1ccc(C(N)C2CN3CCN2CC3)c(F)c1. The van der Waals surface area contributed by atoms with Crippen molar-refractivity contribution in [2.75, 3.05) is 39.8 Å². The number of hydrogen-bond acceptors (Lipinski definition) is 4.